The quantitative estimate of drug-likeness (QED) is 0.437. The molecule has 4 heteroatoms. The second-order valence-corrected chi connectivity index (χ2v) is 1.87. The summed E-state index contributed by atoms with van der Waals surface area (Å²) >= 11 is 0. The van der Waals surface area contributed by atoms with Crippen LogP contribution >= 0.6 is 8.69 Å². The van der Waals surface area contributed by atoms with Crippen molar-refractivity contribution in [1.29, 1.82) is 0 Å². The fraction of sp³-hybridized carbons (Fsp3) is 0. The van der Waals surface area contributed by atoms with Gasteiger partial charge in [-0.3, -0.25) is 4.52 Å². The maximum Gasteiger partial charge on any atom is 1.00 e. The summed E-state index contributed by atoms with van der Waals surface area (Å²) in [6.07, 6.45) is 0. The fourth-order valence-corrected chi connectivity index (χ4v) is 0.769. The molecule has 0 aromatic heterocycles. The summed E-state index contributed by atoms with van der Waals surface area (Å²) in [5.41, 5.74) is 0. The minimum atomic E-state index is -0.715. The average molecular weight is 181 g/mol. The third-order valence-corrected chi connectivity index (χ3v) is 1.22. The summed E-state index contributed by atoms with van der Waals surface area (Å²) in [6.45, 7) is 0. The van der Waals surface area contributed by atoms with Crippen LogP contribution in [-0.2, 0) is 4.57 Å². The van der Waals surface area contributed by atoms with Crippen LogP contribution in [0.1, 0.15) is 1.43 Å². The number of para-hydroxylation sites is 1. The minimum Gasteiger partial charge on any atom is -1.00 e. The first-order valence-electron chi connectivity index (χ1n) is 2.52. The van der Waals surface area contributed by atoms with Gasteiger partial charge in [-0.25, -0.2) is 0 Å². The molecule has 2 nitrogen and oxygen atoms in total. The van der Waals surface area contributed by atoms with E-state index in [0.29, 0.717) is 5.75 Å². The summed E-state index contributed by atoms with van der Waals surface area (Å²) in [7, 11) is -0.715. The molecule has 0 aliphatic carbocycles. The van der Waals surface area contributed by atoms with Gasteiger partial charge in [-0.05, 0) is 16.7 Å². The van der Waals surface area contributed by atoms with Gasteiger partial charge in [0.25, 0.3) is 0 Å². The molecule has 1 rings (SSSR count). The van der Waals surface area contributed by atoms with Crippen molar-refractivity contribution >= 4 is 8.69 Å². The Kier molecular flexibility index (Phi) is 6.95. The van der Waals surface area contributed by atoms with Crippen molar-refractivity contribution in [3.63, 3.8) is 0 Å². The fourth-order valence-electron chi connectivity index (χ4n) is 0.537. The summed E-state index contributed by atoms with van der Waals surface area (Å²) < 4.78 is 14.6. The van der Waals surface area contributed by atoms with Crippen LogP contribution in [-0.4, -0.2) is 0 Å². The summed E-state index contributed by atoms with van der Waals surface area (Å²) in [5, 5.41) is 0. The Morgan fingerprint density at radius 2 is 1.90 bits per heavy atom. The molecule has 0 heterocycles. The molecule has 0 saturated heterocycles. The molecule has 0 saturated carbocycles. The van der Waals surface area contributed by atoms with Crippen molar-refractivity contribution in [1.82, 2.24) is 0 Å². The zero-order valence-electron chi connectivity index (χ0n) is 6.70. The molecule has 1 atom stereocenters. The summed E-state index contributed by atoms with van der Waals surface area (Å²) in [6, 6.07) is 9.04. The Morgan fingerprint density at radius 1 is 1.30 bits per heavy atom. The van der Waals surface area contributed by atoms with E-state index in [1.807, 2.05) is 18.2 Å². The third-order valence-electron chi connectivity index (χ3n) is 0.903. The Balaban J connectivity index is 0. The zero-order chi connectivity index (χ0) is 6.53. The van der Waals surface area contributed by atoms with Gasteiger partial charge in [-0.1, -0.05) is 18.2 Å². The smallest absolute Gasteiger partial charge is 1.00 e. The van der Waals surface area contributed by atoms with E-state index in [2.05, 4.69) is 4.52 Å². The maximum absolute atomic E-state index is 9.90. The first kappa shape index (κ1) is 10.8. The van der Waals surface area contributed by atoms with Gasteiger partial charge < -0.3 is 1.43 Å². The zero-order valence-corrected chi connectivity index (χ0v) is 9.83. The van der Waals surface area contributed by atoms with E-state index in [4.69, 9.17) is 0 Å². The Bertz CT molecular complexity index is 195. The number of rotatable bonds is 2. The van der Waals surface area contributed by atoms with Crippen LogP contribution < -0.4 is 55.9 Å². The van der Waals surface area contributed by atoms with E-state index in [-0.39, 0.29) is 52.8 Å². The van der Waals surface area contributed by atoms with Crippen molar-refractivity contribution in [3.8, 4) is 5.75 Å². The first-order chi connectivity index (χ1) is 4.43. The summed E-state index contributed by atoms with van der Waals surface area (Å²) in [5.74, 6) is 0.644. The molecule has 0 bridgehead atoms. The van der Waals surface area contributed by atoms with E-state index in [0.717, 1.165) is 0 Å². The van der Waals surface area contributed by atoms with Crippen LogP contribution in [0.5, 0.6) is 5.75 Å². The van der Waals surface area contributed by atoms with Gasteiger partial charge >= 0.3 is 60.1 Å². The van der Waals surface area contributed by atoms with E-state index < -0.39 is 8.69 Å². The van der Waals surface area contributed by atoms with Crippen molar-refractivity contribution in [2.45, 2.75) is 0 Å². The van der Waals surface area contributed by atoms with Gasteiger partial charge in [-0.15, -0.1) is 0 Å². The maximum atomic E-state index is 9.90. The molecule has 0 aliphatic heterocycles. The molecule has 1 aromatic carbocycles. The topological polar surface area (TPSA) is 26.3 Å². The largest absolute Gasteiger partial charge is 1.00 e. The molecule has 10 heavy (non-hydrogen) atoms. The van der Waals surface area contributed by atoms with Crippen LogP contribution in [0.25, 0.3) is 0 Å². The van der Waals surface area contributed by atoms with Crippen molar-refractivity contribution in [2.75, 3.05) is 0 Å². The van der Waals surface area contributed by atoms with Gasteiger partial charge in [-0.2, -0.15) is 0 Å². The van der Waals surface area contributed by atoms with E-state index >= 15 is 0 Å². The molecular weight excluding hydrogens is 174 g/mol. The van der Waals surface area contributed by atoms with Gasteiger partial charge in [0, 0.05) is 0 Å². The number of hydrogen-bond donors (Lipinski definition) is 0. The average Bonchev–Trinajstić information content (AvgIpc) is 1.91. The molecule has 1 aromatic rings. The van der Waals surface area contributed by atoms with E-state index in [9.17, 15) is 4.57 Å². The molecule has 1 unspecified atom stereocenters. The first-order valence-corrected chi connectivity index (χ1v) is 3.34. The molecule has 0 N–H and O–H groups in total. The van der Waals surface area contributed by atoms with Gasteiger partial charge in [0.15, 0.2) is 5.75 Å². The second-order valence-electron chi connectivity index (χ2n) is 1.50. The molecule has 48 valence electrons. The predicted octanol–water partition coefficient (Wildman–Crippen LogP) is -0.879. The monoisotopic (exact) mass is 181 g/mol. The molecule has 0 radical (unpaired) electrons. The van der Waals surface area contributed by atoms with Crippen LogP contribution in [0.4, 0.5) is 0 Å². The number of hydrogen-bond acceptors (Lipinski definition) is 2. The van der Waals surface area contributed by atoms with Crippen LogP contribution in [0.3, 0.4) is 0 Å². The van der Waals surface area contributed by atoms with Crippen LogP contribution in [0.2, 0.25) is 0 Å². The Morgan fingerprint density at radius 3 is 2.40 bits per heavy atom. The normalized spacial score (nSPS) is 8.40. The number of benzene rings is 1. The molecule has 0 fully saturated rings. The molecule has 0 spiro atoms. The van der Waals surface area contributed by atoms with Crippen LogP contribution in [0.15, 0.2) is 30.3 Å². The molecule has 0 aliphatic rings. The van der Waals surface area contributed by atoms with E-state index in [1.165, 1.54) is 0 Å². The second kappa shape index (κ2) is 6.47. The third kappa shape index (κ3) is 3.81. The van der Waals surface area contributed by atoms with Crippen molar-refractivity contribution in [2.24, 2.45) is 0 Å². The minimum absolute atomic E-state index is 0. The molecular formula is C6H7KO2P+. The molecule has 0 amide bonds. The van der Waals surface area contributed by atoms with Crippen LogP contribution in [0, 0.1) is 0 Å². The Hall–Kier alpha value is 0.756. The standard InChI is InChI=1S/C6H6O2P.K.H/c7-9-8-6-4-2-1-3-5-6;;/h1-5,9H;;/q2*+1;-1. The Labute approximate surface area is 105 Å². The predicted molar refractivity (Wildman–Crippen MR) is 37.2 cm³/mol. The SMILES string of the molecule is O=[PH+]Oc1ccccc1.[H-].[K+]. The van der Waals surface area contributed by atoms with Gasteiger partial charge in [0.2, 0.25) is 0 Å². The van der Waals surface area contributed by atoms with Gasteiger partial charge in [0.05, 0.1) is 0 Å². The van der Waals surface area contributed by atoms with Crippen molar-refractivity contribution in [3.05, 3.63) is 30.3 Å². The van der Waals surface area contributed by atoms with E-state index in [1.54, 1.807) is 12.1 Å². The summed E-state index contributed by atoms with van der Waals surface area (Å²) in [4.78, 5) is 0. The van der Waals surface area contributed by atoms with Crippen molar-refractivity contribution < 1.29 is 61.9 Å². The van der Waals surface area contributed by atoms with Gasteiger partial charge in [0.1, 0.15) is 0 Å².